The zero-order valence-corrected chi connectivity index (χ0v) is 16.0. The third-order valence-corrected chi connectivity index (χ3v) is 5.44. The lowest BCUT2D eigenvalue weighted by molar-refractivity contribution is 0.0811. The fourth-order valence-electron chi connectivity index (χ4n) is 3.55. The molecule has 1 unspecified atom stereocenters. The molecule has 1 aliphatic rings. The number of ether oxygens (including phenoxy) is 1. The van der Waals surface area contributed by atoms with Crippen LogP contribution in [0.3, 0.4) is 0 Å². The van der Waals surface area contributed by atoms with Crippen molar-refractivity contribution in [1.29, 1.82) is 0 Å². The van der Waals surface area contributed by atoms with Gasteiger partial charge in [-0.25, -0.2) is 4.39 Å². The van der Waals surface area contributed by atoms with Gasteiger partial charge >= 0.3 is 0 Å². The van der Waals surface area contributed by atoms with E-state index in [1.54, 1.807) is 10.7 Å². The molecular weight excluding hydrogens is 357 g/mol. The number of aromatic nitrogens is 2. The summed E-state index contributed by atoms with van der Waals surface area (Å²) >= 11 is 6.33. The number of benzene rings is 1. The summed E-state index contributed by atoms with van der Waals surface area (Å²) in [6.07, 6.45) is 1.73. The highest BCUT2D eigenvalue weighted by molar-refractivity contribution is 6.30. The molecule has 0 spiro atoms. The van der Waals surface area contributed by atoms with E-state index in [4.69, 9.17) is 16.3 Å². The maximum Gasteiger partial charge on any atom is 0.167 e. The van der Waals surface area contributed by atoms with Gasteiger partial charge in [0.05, 0.1) is 12.8 Å². The predicted octanol–water partition coefficient (Wildman–Crippen LogP) is 3.62. The largest absolute Gasteiger partial charge is 0.494 e. The summed E-state index contributed by atoms with van der Waals surface area (Å²) in [6.45, 7) is 4.15. The molecule has 0 N–H and O–H groups in total. The molecule has 0 bridgehead atoms. The molecule has 1 atom stereocenters. The van der Waals surface area contributed by atoms with Gasteiger partial charge in [-0.1, -0.05) is 11.6 Å². The molecule has 3 rings (SSSR count). The molecule has 7 heteroatoms. The van der Waals surface area contributed by atoms with Gasteiger partial charge in [-0.3, -0.25) is 14.4 Å². The first kappa shape index (κ1) is 18.9. The van der Waals surface area contributed by atoms with Crippen molar-refractivity contribution in [1.82, 2.24) is 14.7 Å². The molecule has 5 nitrogen and oxygen atoms in total. The molecule has 140 valence electrons. The zero-order valence-electron chi connectivity index (χ0n) is 15.3. The predicted molar refractivity (Wildman–Crippen MR) is 98.2 cm³/mol. The Labute approximate surface area is 157 Å². The summed E-state index contributed by atoms with van der Waals surface area (Å²) in [6, 6.07) is 4.40. The summed E-state index contributed by atoms with van der Waals surface area (Å²) in [4.78, 5) is 15.0. The van der Waals surface area contributed by atoms with Gasteiger partial charge in [0.2, 0.25) is 0 Å². The van der Waals surface area contributed by atoms with Crippen molar-refractivity contribution in [3.8, 4) is 5.75 Å². The summed E-state index contributed by atoms with van der Waals surface area (Å²) in [7, 11) is 3.23. The normalized spacial score (nSPS) is 18.1. The number of ketones is 1. The molecular formula is C19H23ClFN3O2. The fourth-order valence-corrected chi connectivity index (χ4v) is 3.78. The number of methoxy groups -OCH3 is 1. The smallest absolute Gasteiger partial charge is 0.167 e. The monoisotopic (exact) mass is 379 g/mol. The lowest BCUT2D eigenvalue weighted by Gasteiger charge is -2.32. The van der Waals surface area contributed by atoms with Crippen LogP contribution in [-0.2, 0) is 13.6 Å². The van der Waals surface area contributed by atoms with E-state index in [-0.39, 0.29) is 17.5 Å². The Bertz CT molecular complexity index is 821. The summed E-state index contributed by atoms with van der Waals surface area (Å²) < 4.78 is 20.5. The van der Waals surface area contributed by atoms with Crippen molar-refractivity contribution in [3.63, 3.8) is 0 Å². The number of halogens is 2. The van der Waals surface area contributed by atoms with Crippen LogP contribution in [0.15, 0.2) is 18.2 Å². The number of hydrogen-bond acceptors (Lipinski definition) is 4. The van der Waals surface area contributed by atoms with Crippen molar-refractivity contribution >= 4 is 17.4 Å². The van der Waals surface area contributed by atoms with Gasteiger partial charge in [0, 0.05) is 37.2 Å². The number of carbonyl (C=O) groups is 1. The maximum atomic E-state index is 13.9. The number of hydrogen-bond donors (Lipinski definition) is 0. The molecule has 1 aliphatic heterocycles. The van der Waals surface area contributed by atoms with Crippen molar-refractivity contribution in [2.45, 2.75) is 26.3 Å². The molecule has 26 heavy (non-hydrogen) atoms. The van der Waals surface area contributed by atoms with E-state index < -0.39 is 5.82 Å². The van der Waals surface area contributed by atoms with E-state index in [0.29, 0.717) is 23.8 Å². The lowest BCUT2D eigenvalue weighted by Crippen LogP contribution is -2.38. The number of piperidine rings is 1. The summed E-state index contributed by atoms with van der Waals surface area (Å²) in [5.41, 5.74) is 2.30. The van der Waals surface area contributed by atoms with Crippen LogP contribution in [0.4, 0.5) is 4.39 Å². The van der Waals surface area contributed by atoms with E-state index in [0.717, 1.165) is 30.6 Å². The van der Waals surface area contributed by atoms with Gasteiger partial charge in [0.1, 0.15) is 5.15 Å². The third kappa shape index (κ3) is 3.76. The maximum absolute atomic E-state index is 13.9. The molecule has 1 aromatic carbocycles. The Morgan fingerprint density at radius 2 is 2.23 bits per heavy atom. The standard InChI is InChI=1S/C19H23ClFN3O2/c1-12-15(19(20)23(2)22-12)11-24-8-4-5-14(10-24)18(25)13-6-7-17(26-3)16(21)9-13/h6-7,9,14H,4-5,8,10-11H2,1-3H3. The van der Waals surface area contributed by atoms with Crippen molar-refractivity contribution in [3.05, 3.63) is 46.0 Å². The van der Waals surface area contributed by atoms with Crippen LogP contribution >= 0.6 is 11.6 Å². The van der Waals surface area contributed by atoms with E-state index >= 15 is 0 Å². The second-order valence-corrected chi connectivity index (χ2v) is 7.12. The average molecular weight is 380 g/mol. The van der Waals surface area contributed by atoms with Crippen molar-refractivity contribution in [2.75, 3.05) is 20.2 Å². The van der Waals surface area contributed by atoms with E-state index in [1.807, 2.05) is 14.0 Å². The minimum atomic E-state index is -0.510. The van der Waals surface area contributed by atoms with Crippen molar-refractivity contribution < 1.29 is 13.9 Å². The number of aryl methyl sites for hydroxylation is 2. The Kier molecular flexibility index (Phi) is 5.63. The second kappa shape index (κ2) is 7.76. The Morgan fingerprint density at radius 3 is 2.85 bits per heavy atom. The number of rotatable bonds is 5. The molecule has 2 heterocycles. The Morgan fingerprint density at radius 1 is 1.46 bits per heavy atom. The first-order chi connectivity index (χ1) is 12.4. The lowest BCUT2D eigenvalue weighted by atomic mass is 9.89. The van der Waals surface area contributed by atoms with Gasteiger partial charge in [0.15, 0.2) is 17.3 Å². The second-order valence-electron chi connectivity index (χ2n) is 6.77. The Hall–Kier alpha value is -1.92. The van der Waals surface area contributed by atoms with Gasteiger partial charge < -0.3 is 4.74 Å². The molecule has 1 fully saturated rings. The zero-order chi connectivity index (χ0) is 18.8. The Balaban J connectivity index is 1.71. The van der Waals surface area contributed by atoms with Crippen LogP contribution < -0.4 is 4.74 Å². The highest BCUT2D eigenvalue weighted by atomic mass is 35.5. The number of nitrogens with zero attached hydrogens (tertiary/aromatic N) is 3. The van der Waals surface area contributed by atoms with Crippen LogP contribution in [0.1, 0.15) is 34.5 Å². The van der Waals surface area contributed by atoms with Gasteiger partial charge in [-0.05, 0) is 44.5 Å². The molecule has 1 aromatic heterocycles. The van der Waals surface area contributed by atoms with Crippen LogP contribution in [0, 0.1) is 18.7 Å². The molecule has 1 saturated heterocycles. The third-order valence-electron chi connectivity index (χ3n) is 4.96. The molecule has 0 radical (unpaired) electrons. The number of likely N-dealkylation sites (tertiary alicyclic amines) is 1. The first-order valence-corrected chi connectivity index (χ1v) is 9.06. The van der Waals surface area contributed by atoms with E-state index in [1.165, 1.54) is 19.2 Å². The number of carbonyl (C=O) groups excluding carboxylic acids is 1. The molecule has 0 aliphatic carbocycles. The SMILES string of the molecule is COc1ccc(C(=O)C2CCCN(Cc3c(C)nn(C)c3Cl)C2)cc1F. The minimum Gasteiger partial charge on any atom is -0.494 e. The topological polar surface area (TPSA) is 47.4 Å². The van der Waals surface area contributed by atoms with Crippen LogP contribution in [0.5, 0.6) is 5.75 Å². The van der Waals surface area contributed by atoms with Gasteiger partial charge in [-0.15, -0.1) is 0 Å². The van der Waals surface area contributed by atoms with Crippen LogP contribution in [0.25, 0.3) is 0 Å². The van der Waals surface area contributed by atoms with Crippen LogP contribution in [0.2, 0.25) is 5.15 Å². The summed E-state index contributed by atoms with van der Waals surface area (Å²) in [5.74, 6) is -0.533. The molecule has 0 saturated carbocycles. The fraction of sp³-hybridized carbons (Fsp3) is 0.474. The van der Waals surface area contributed by atoms with Crippen molar-refractivity contribution in [2.24, 2.45) is 13.0 Å². The highest BCUT2D eigenvalue weighted by Gasteiger charge is 2.28. The quantitative estimate of drug-likeness (QED) is 0.744. The van der Waals surface area contributed by atoms with Gasteiger partial charge in [-0.2, -0.15) is 5.10 Å². The number of Topliss-reactive ketones (excluding diaryl/α,β-unsaturated/α-hetero) is 1. The van der Waals surface area contributed by atoms with E-state index in [2.05, 4.69) is 10.00 Å². The minimum absolute atomic E-state index is 0.0229. The highest BCUT2D eigenvalue weighted by Crippen LogP contribution is 2.27. The van der Waals surface area contributed by atoms with Gasteiger partial charge in [0.25, 0.3) is 0 Å². The van der Waals surface area contributed by atoms with E-state index in [9.17, 15) is 9.18 Å². The van der Waals surface area contributed by atoms with Crippen LogP contribution in [-0.4, -0.2) is 40.7 Å². The molecule has 0 amide bonds. The first-order valence-electron chi connectivity index (χ1n) is 8.68. The summed E-state index contributed by atoms with van der Waals surface area (Å²) in [5, 5.41) is 4.97. The average Bonchev–Trinajstić information content (AvgIpc) is 2.87. The molecule has 2 aromatic rings.